The summed E-state index contributed by atoms with van der Waals surface area (Å²) in [4.78, 5) is 28.0. The van der Waals surface area contributed by atoms with E-state index in [9.17, 15) is 22.4 Å². The molecule has 2 aromatic rings. The number of sulfonamides is 1. The van der Waals surface area contributed by atoms with E-state index in [0.717, 1.165) is 42.7 Å². The van der Waals surface area contributed by atoms with E-state index >= 15 is 0 Å². The van der Waals surface area contributed by atoms with Crippen LogP contribution < -0.4 is 9.62 Å². The highest BCUT2D eigenvalue weighted by Crippen LogP contribution is 2.27. The van der Waals surface area contributed by atoms with Gasteiger partial charge >= 0.3 is 0 Å². The predicted octanol–water partition coefficient (Wildman–Crippen LogP) is 4.42. The standard InChI is InChI=1S/C26H33ClFN3O4S/c1-18-13-14-21(27)15-24(18)31(36(3,34)35)17-25(32)30(16-20-9-7-8-12-23(20)28)19(2)26(33)29-22-10-5-4-6-11-22/h7-9,12-15,19,22H,4-6,10-11,16-17H2,1-3H3,(H,29,33). The van der Waals surface area contributed by atoms with Gasteiger partial charge in [0, 0.05) is 23.2 Å². The number of hydrogen-bond donors (Lipinski definition) is 1. The maximum atomic E-state index is 14.5. The first-order valence-corrected chi connectivity index (χ1v) is 14.3. The molecule has 3 rings (SSSR count). The van der Waals surface area contributed by atoms with Gasteiger partial charge in [-0.3, -0.25) is 13.9 Å². The number of rotatable bonds is 9. The minimum absolute atomic E-state index is 0.0285. The monoisotopic (exact) mass is 537 g/mol. The quantitative estimate of drug-likeness (QED) is 0.513. The number of carbonyl (C=O) groups is 2. The van der Waals surface area contributed by atoms with E-state index in [0.29, 0.717) is 10.6 Å². The third kappa shape index (κ3) is 7.20. The lowest BCUT2D eigenvalue weighted by Crippen LogP contribution is -2.53. The van der Waals surface area contributed by atoms with Crippen molar-refractivity contribution in [3.05, 3.63) is 64.4 Å². The first kappa shape index (κ1) is 27.9. The molecule has 196 valence electrons. The Hall–Kier alpha value is -2.65. The highest BCUT2D eigenvalue weighted by molar-refractivity contribution is 7.92. The van der Waals surface area contributed by atoms with Crippen LogP contribution in [0.2, 0.25) is 5.02 Å². The summed E-state index contributed by atoms with van der Waals surface area (Å²) in [5.74, 6) is -1.49. The molecule has 1 unspecified atom stereocenters. The smallest absolute Gasteiger partial charge is 0.244 e. The van der Waals surface area contributed by atoms with Gasteiger partial charge in [0.25, 0.3) is 0 Å². The molecular weight excluding hydrogens is 505 g/mol. The summed E-state index contributed by atoms with van der Waals surface area (Å²) in [6.45, 7) is 2.55. The zero-order valence-electron chi connectivity index (χ0n) is 20.8. The van der Waals surface area contributed by atoms with Gasteiger partial charge in [-0.25, -0.2) is 12.8 Å². The van der Waals surface area contributed by atoms with Crippen LogP contribution in [0.5, 0.6) is 0 Å². The molecule has 0 aromatic heterocycles. The van der Waals surface area contributed by atoms with E-state index in [4.69, 9.17) is 11.6 Å². The molecule has 0 spiro atoms. The second-order valence-corrected chi connectivity index (χ2v) is 11.7. The predicted molar refractivity (Wildman–Crippen MR) is 140 cm³/mol. The van der Waals surface area contributed by atoms with Crippen molar-refractivity contribution < 1.29 is 22.4 Å². The summed E-state index contributed by atoms with van der Waals surface area (Å²) in [5.41, 5.74) is 1.11. The molecule has 0 aliphatic heterocycles. The van der Waals surface area contributed by atoms with Crippen molar-refractivity contribution in [1.29, 1.82) is 0 Å². The Bertz CT molecular complexity index is 1200. The number of nitrogens with zero attached hydrogens (tertiary/aromatic N) is 2. The fraction of sp³-hybridized carbons (Fsp3) is 0.462. The van der Waals surface area contributed by atoms with Gasteiger partial charge in [-0.05, 0) is 50.5 Å². The lowest BCUT2D eigenvalue weighted by molar-refractivity contribution is -0.139. The fourth-order valence-electron chi connectivity index (χ4n) is 4.41. The SMILES string of the molecule is Cc1ccc(Cl)cc1N(CC(=O)N(Cc1ccccc1F)C(C)C(=O)NC1CCCCC1)S(C)(=O)=O. The van der Waals surface area contributed by atoms with Crippen LogP contribution in [-0.2, 0) is 26.2 Å². The Balaban J connectivity index is 1.91. The lowest BCUT2D eigenvalue weighted by Gasteiger charge is -2.33. The summed E-state index contributed by atoms with van der Waals surface area (Å²) < 4.78 is 40.9. The molecule has 36 heavy (non-hydrogen) atoms. The molecule has 1 aliphatic rings. The fourth-order valence-corrected chi connectivity index (χ4v) is 5.47. The van der Waals surface area contributed by atoms with Crippen molar-refractivity contribution in [2.24, 2.45) is 0 Å². The molecular formula is C26H33ClFN3O4S. The van der Waals surface area contributed by atoms with Crippen molar-refractivity contribution in [3.63, 3.8) is 0 Å². The zero-order chi connectivity index (χ0) is 26.5. The van der Waals surface area contributed by atoms with E-state index < -0.39 is 34.3 Å². The molecule has 1 atom stereocenters. The highest BCUT2D eigenvalue weighted by atomic mass is 35.5. The van der Waals surface area contributed by atoms with Gasteiger partial charge in [0.2, 0.25) is 21.8 Å². The summed E-state index contributed by atoms with van der Waals surface area (Å²) in [7, 11) is -3.88. The van der Waals surface area contributed by atoms with Gasteiger partial charge < -0.3 is 10.2 Å². The Kier molecular flexibility index (Phi) is 9.35. The van der Waals surface area contributed by atoms with E-state index in [2.05, 4.69) is 5.32 Å². The molecule has 2 amide bonds. The molecule has 2 aromatic carbocycles. The van der Waals surface area contributed by atoms with Gasteiger partial charge in [-0.2, -0.15) is 0 Å². The lowest BCUT2D eigenvalue weighted by atomic mass is 9.95. The average molecular weight is 538 g/mol. The zero-order valence-corrected chi connectivity index (χ0v) is 22.4. The Labute approximate surface area is 217 Å². The van der Waals surface area contributed by atoms with Crippen LogP contribution in [0.15, 0.2) is 42.5 Å². The van der Waals surface area contributed by atoms with Gasteiger partial charge in [-0.1, -0.05) is 55.1 Å². The molecule has 7 nitrogen and oxygen atoms in total. The van der Waals surface area contributed by atoms with E-state index in [1.54, 1.807) is 32.0 Å². The summed E-state index contributed by atoms with van der Waals surface area (Å²) >= 11 is 6.11. The maximum absolute atomic E-state index is 14.5. The van der Waals surface area contributed by atoms with E-state index in [-0.39, 0.29) is 29.7 Å². The molecule has 0 saturated heterocycles. The normalized spacial score (nSPS) is 15.2. The van der Waals surface area contributed by atoms with Crippen LogP contribution in [0.3, 0.4) is 0 Å². The molecule has 0 bridgehead atoms. The highest BCUT2D eigenvalue weighted by Gasteiger charge is 2.32. The topological polar surface area (TPSA) is 86.8 Å². The van der Waals surface area contributed by atoms with Crippen molar-refractivity contribution in [1.82, 2.24) is 10.2 Å². The number of halogens is 2. The largest absolute Gasteiger partial charge is 0.352 e. The number of hydrogen-bond acceptors (Lipinski definition) is 4. The molecule has 1 fully saturated rings. The molecule has 1 N–H and O–H groups in total. The molecule has 0 radical (unpaired) electrons. The number of benzene rings is 2. The van der Waals surface area contributed by atoms with Crippen LogP contribution in [0.4, 0.5) is 10.1 Å². The van der Waals surface area contributed by atoms with Gasteiger partial charge in [-0.15, -0.1) is 0 Å². The first-order valence-electron chi connectivity index (χ1n) is 12.0. The van der Waals surface area contributed by atoms with Crippen LogP contribution in [0.25, 0.3) is 0 Å². The van der Waals surface area contributed by atoms with Gasteiger partial charge in [0.05, 0.1) is 11.9 Å². The summed E-state index contributed by atoms with van der Waals surface area (Å²) in [5, 5.41) is 3.33. The first-order chi connectivity index (χ1) is 17.0. The minimum atomic E-state index is -3.88. The summed E-state index contributed by atoms with van der Waals surface area (Å²) in [6, 6.07) is 9.86. The van der Waals surface area contributed by atoms with Crippen LogP contribution in [0.1, 0.15) is 50.2 Å². The number of carbonyl (C=O) groups excluding carboxylic acids is 2. The van der Waals surface area contributed by atoms with Gasteiger partial charge in [0.1, 0.15) is 18.4 Å². The molecule has 1 aliphatic carbocycles. The van der Waals surface area contributed by atoms with Crippen LogP contribution in [0, 0.1) is 12.7 Å². The van der Waals surface area contributed by atoms with Crippen LogP contribution >= 0.6 is 11.6 Å². The van der Waals surface area contributed by atoms with Gasteiger partial charge in [0.15, 0.2) is 0 Å². The second-order valence-electron chi connectivity index (χ2n) is 9.33. The third-order valence-corrected chi connectivity index (χ3v) is 7.90. The van der Waals surface area contributed by atoms with Crippen molar-refractivity contribution in [3.8, 4) is 0 Å². The van der Waals surface area contributed by atoms with E-state index in [1.165, 1.54) is 29.2 Å². The van der Waals surface area contributed by atoms with E-state index in [1.807, 2.05) is 0 Å². The van der Waals surface area contributed by atoms with Crippen molar-refractivity contribution in [2.45, 2.75) is 64.6 Å². The maximum Gasteiger partial charge on any atom is 0.244 e. The number of nitrogens with one attached hydrogen (secondary N) is 1. The molecule has 0 heterocycles. The minimum Gasteiger partial charge on any atom is -0.352 e. The Morgan fingerprint density at radius 3 is 2.44 bits per heavy atom. The second kappa shape index (κ2) is 12.1. The number of anilines is 1. The third-order valence-electron chi connectivity index (χ3n) is 6.54. The average Bonchev–Trinajstić information content (AvgIpc) is 2.83. The van der Waals surface area contributed by atoms with Crippen LogP contribution in [-0.4, -0.2) is 50.0 Å². The molecule has 10 heteroatoms. The summed E-state index contributed by atoms with van der Waals surface area (Å²) in [6.07, 6.45) is 5.93. The van der Waals surface area contributed by atoms with Crippen molar-refractivity contribution >= 4 is 39.1 Å². The van der Waals surface area contributed by atoms with Crippen molar-refractivity contribution in [2.75, 3.05) is 17.1 Å². The molecule has 1 saturated carbocycles. The number of aryl methyl sites for hydroxylation is 1. The Morgan fingerprint density at radius 1 is 1.14 bits per heavy atom. The number of amides is 2. The Morgan fingerprint density at radius 2 is 1.81 bits per heavy atom.